The second-order valence-electron chi connectivity index (χ2n) is 5.23. The molecule has 0 aromatic carbocycles. The summed E-state index contributed by atoms with van der Waals surface area (Å²) < 4.78 is 0. The quantitative estimate of drug-likeness (QED) is 0.772. The van der Waals surface area contributed by atoms with Gasteiger partial charge in [-0.3, -0.25) is 0 Å². The van der Waals surface area contributed by atoms with E-state index in [9.17, 15) is 9.59 Å². The molecule has 1 aliphatic rings. The number of urea groups is 1. The molecule has 8 heteroatoms. The maximum absolute atomic E-state index is 11.8. The number of piperidine rings is 1. The molecule has 0 aliphatic carbocycles. The number of amides is 2. The smallest absolute Gasteiger partial charge is 0.347 e. The number of hydrogen-bond acceptors (Lipinski definition) is 5. The fraction of sp³-hybridized carbons (Fsp3) is 0.615. The normalized spacial score (nSPS) is 16.7. The van der Waals surface area contributed by atoms with Crippen LogP contribution in [0.4, 0.5) is 4.79 Å². The standard InChI is InChI=1S/C13H20N4O3S/c1-8-11(12(18)19)21-10(15-8)7-14-13(20)16-9-3-5-17(2)6-4-9/h9H,3-7H2,1-2H3,(H,18,19)(H2,14,16,20). The summed E-state index contributed by atoms with van der Waals surface area (Å²) in [4.78, 5) is 29.4. The summed E-state index contributed by atoms with van der Waals surface area (Å²) in [5.74, 6) is -0.980. The van der Waals surface area contributed by atoms with E-state index in [0.717, 1.165) is 37.3 Å². The van der Waals surface area contributed by atoms with E-state index >= 15 is 0 Å². The number of carboxylic acid groups (broad SMARTS) is 1. The average molecular weight is 312 g/mol. The second kappa shape index (κ2) is 6.86. The van der Waals surface area contributed by atoms with Crippen LogP contribution in [0, 0.1) is 6.92 Å². The van der Waals surface area contributed by atoms with Crippen molar-refractivity contribution in [1.82, 2.24) is 20.5 Å². The van der Waals surface area contributed by atoms with Crippen LogP contribution >= 0.6 is 11.3 Å². The van der Waals surface area contributed by atoms with Crippen LogP contribution in [-0.4, -0.2) is 53.2 Å². The molecule has 1 fully saturated rings. The van der Waals surface area contributed by atoms with E-state index in [4.69, 9.17) is 5.11 Å². The SMILES string of the molecule is Cc1nc(CNC(=O)NC2CCN(C)CC2)sc1C(=O)O. The van der Waals surface area contributed by atoms with Crippen molar-refractivity contribution >= 4 is 23.3 Å². The van der Waals surface area contributed by atoms with Crippen LogP contribution in [0.25, 0.3) is 0 Å². The number of aromatic nitrogens is 1. The number of thiazole rings is 1. The van der Waals surface area contributed by atoms with Gasteiger partial charge in [-0.25, -0.2) is 14.6 Å². The summed E-state index contributed by atoms with van der Waals surface area (Å²) in [5.41, 5.74) is 0.486. The van der Waals surface area contributed by atoms with Crippen molar-refractivity contribution in [2.24, 2.45) is 0 Å². The minimum Gasteiger partial charge on any atom is -0.477 e. The number of likely N-dealkylation sites (tertiary alicyclic amines) is 1. The van der Waals surface area contributed by atoms with Gasteiger partial charge in [-0.05, 0) is 39.9 Å². The molecular weight excluding hydrogens is 292 g/mol. The van der Waals surface area contributed by atoms with E-state index in [1.807, 2.05) is 0 Å². The number of nitrogens with zero attached hydrogens (tertiary/aromatic N) is 2. The number of hydrogen-bond donors (Lipinski definition) is 3. The third-order valence-corrected chi connectivity index (χ3v) is 4.63. The molecule has 1 saturated heterocycles. The number of rotatable bonds is 4. The van der Waals surface area contributed by atoms with Crippen molar-refractivity contribution in [1.29, 1.82) is 0 Å². The molecule has 3 N–H and O–H groups in total. The Morgan fingerprint density at radius 3 is 2.67 bits per heavy atom. The van der Waals surface area contributed by atoms with E-state index in [0.29, 0.717) is 10.7 Å². The third-order valence-electron chi connectivity index (χ3n) is 3.49. The lowest BCUT2D eigenvalue weighted by atomic mass is 10.1. The van der Waals surface area contributed by atoms with Gasteiger partial charge in [-0.2, -0.15) is 0 Å². The van der Waals surface area contributed by atoms with Gasteiger partial charge in [0.05, 0.1) is 12.2 Å². The van der Waals surface area contributed by atoms with Crippen LogP contribution in [0.5, 0.6) is 0 Å². The monoisotopic (exact) mass is 312 g/mol. The molecule has 2 amide bonds. The number of aromatic carboxylic acids is 1. The van der Waals surface area contributed by atoms with Crippen LogP contribution in [0.3, 0.4) is 0 Å². The highest BCUT2D eigenvalue weighted by atomic mass is 32.1. The number of carbonyl (C=O) groups is 2. The lowest BCUT2D eigenvalue weighted by molar-refractivity contribution is 0.0701. The van der Waals surface area contributed by atoms with Gasteiger partial charge in [0.1, 0.15) is 9.88 Å². The molecule has 1 aliphatic heterocycles. The van der Waals surface area contributed by atoms with Crippen molar-refractivity contribution in [3.63, 3.8) is 0 Å². The summed E-state index contributed by atoms with van der Waals surface area (Å²) in [5, 5.41) is 15.2. The highest BCUT2D eigenvalue weighted by Gasteiger charge is 2.19. The highest BCUT2D eigenvalue weighted by Crippen LogP contribution is 2.17. The fourth-order valence-electron chi connectivity index (χ4n) is 2.27. The van der Waals surface area contributed by atoms with E-state index < -0.39 is 5.97 Å². The van der Waals surface area contributed by atoms with E-state index in [-0.39, 0.29) is 23.5 Å². The third kappa shape index (κ3) is 4.40. The number of carbonyl (C=O) groups excluding carboxylic acids is 1. The van der Waals surface area contributed by atoms with Crippen LogP contribution in [-0.2, 0) is 6.54 Å². The van der Waals surface area contributed by atoms with Crippen LogP contribution < -0.4 is 10.6 Å². The fourth-order valence-corrected chi connectivity index (χ4v) is 3.11. The van der Waals surface area contributed by atoms with Crippen LogP contribution in [0.15, 0.2) is 0 Å². The first-order valence-corrected chi connectivity index (χ1v) is 7.70. The summed E-state index contributed by atoms with van der Waals surface area (Å²) >= 11 is 1.10. The zero-order chi connectivity index (χ0) is 15.4. The molecule has 0 spiro atoms. The molecule has 21 heavy (non-hydrogen) atoms. The number of carboxylic acids is 1. The Hall–Kier alpha value is -1.67. The first-order chi connectivity index (χ1) is 9.95. The van der Waals surface area contributed by atoms with Gasteiger partial charge in [0.2, 0.25) is 0 Å². The molecular formula is C13H20N4O3S. The van der Waals surface area contributed by atoms with Gasteiger partial charge in [0.15, 0.2) is 0 Å². The molecule has 0 saturated carbocycles. The Morgan fingerprint density at radius 2 is 2.10 bits per heavy atom. The summed E-state index contributed by atoms with van der Waals surface area (Å²) in [6.45, 7) is 3.87. The zero-order valence-electron chi connectivity index (χ0n) is 12.2. The maximum atomic E-state index is 11.8. The van der Waals surface area contributed by atoms with Crippen LogP contribution in [0.1, 0.15) is 33.2 Å². The predicted molar refractivity (Wildman–Crippen MR) is 79.7 cm³/mol. The Morgan fingerprint density at radius 1 is 1.43 bits per heavy atom. The van der Waals surface area contributed by atoms with Crippen molar-refractivity contribution in [3.05, 3.63) is 15.6 Å². The Bertz CT molecular complexity index is 523. The molecule has 2 heterocycles. The van der Waals surface area contributed by atoms with Crippen molar-refractivity contribution < 1.29 is 14.7 Å². The lowest BCUT2D eigenvalue weighted by Gasteiger charge is -2.29. The van der Waals surface area contributed by atoms with E-state index in [1.165, 1.54) is 0 Å². The number of aryl methyl sites for hydroxylation is 1. The first-order valence-electron chi connectivity index (χ1n) is 6.88. The largest absolute Gasteiger partial charge is 0.477 e. The van der Waals surface area contributed by atoms with Crippen LogP contribution in [0.2, 0.25) is 0 Å². The minimum absolute atomic E-state index is 0.203. The Balaban J connectivity index is 1.78. The zero-order valence-corrected chi connectivity index (χ0v) is 13.0. The number of nitrogens with one attached hydrogen (secondary N) is 2. The molecule has 1 aromatic rings. The van der Waals surface area contributed by atoms with Crippen molar-refractivity contribution in [2.75, 3.05) is 20.1 Å². The van der Waals surface area contributed by atoms with Crippen molar-refractivity contribution in [2.45, 2.75) is 32.4 Å². The molecule has 0 bridgehead atoms. The second-order valence-corrected chi connectivity index (χ2v) is 6.32. The van der Waals surface area contributed by atoms with E-state index in [1.54, 1.807) is 6.92 Å². The van der Waals surface area contributed by atoms with Gasteiger partial charge in [0, 0.05) is 6.04 Å². The van der Waals surface area contributed by atoms with Gasteiger partial charge < -0.3 is 20.6 Å². The Labute approximate surface area is 127 Å². The molecule has 7 nitrogen and oxygen atoms in total. The summed E-state index contributed by atoms with van der Waals surface area (Å²) in [6, 6.07) is -0.0249. The molecule has 116 valence electrons. The predicted octanol–water partition coefficient (Wildman–Crippen LogP) is 1.04. The first kappa shape index (κ1) is 15.7. The summed E-state index contributed by atoms with van der Waals surface area (Å²) in [6.07, 6.45) is 1.90. The molecule has 0 unspecified atom stereocenters. The summed E-state index contributed by atoms with van der Waals surface area (Å²) in [7, 11) is 2.07. The Kier molecular flexibility index (Phi) is 5.13. The van der Waals surface area contributed by atoms with Crippen molar-refractivity contribution in [3.8, 4) is 0 Å². The minimum atomic E-state index is -0.980. The van der Waals surface area contributed by atoms with E-state index in [2.05, 4.69) is 27.6 Å². The van der Waals surface area contributed by atoms with Gasteiger partial charge >= 0.3 is 12.0 Å². The molecule has 0 radical (unpaired) electrons. The maximum Gasteiger partial charge on any atom is 0.347 e. The highest BCUT2D eigenvalue weighted by molar-refractivity contribution is 7.13. The van der Waals surface area contributed by atoms with Gasteiger partial charge in [0.25, 0.3) is 0 Å². The lowest BCUT2D eigenvalue weighted by Crippen LogP contribution is -2.46. The molecule has 1 aromatic heterocycles. The average Bonchev–Trinajstić information content (AvgIpc) is 2.81. The molecule has 0 atom stereocenters. The van der Waals surface area contributed by atoms with Gasteiger partial charge in [-0.15, -0.1) is 11.3 Å². The molecule has 2 rings (SSSR count). The van der Waals surface area contributed by atoms with Gasteiger partial charge in [-0.1, -0.05) is 0 Å². The topological polar surface area (TPSA) is 94.6 Å².